The minimum atomic E-state index is -1.16. The molecular formula is C20H22FN3O7S. The number of nitrogens with zero attached hydrogens (tertiary/aromatic N) is 3. The zero-order valence-corrected chi connectivity index (χ0v) is 18.6. The minimum Gasteiger partial charge on any atom is -0.471 e. The van der Waals surface area contributed by atoms with Crippen LogP contribution in [0.2, 0.25) is 0 Å². The second kappa shape index (κ2) is 9.98. The van der Waals surface area contributed by atoms with Crippen LogP contribution < -0.4 is 4.74 Å². The van der Waals surface area contributed by atoms with Crippen LogP contribution in [-0.2, 0) is 35.6 Å². The highest BCUT2D eigenvalue weighted by Crippen LogP contribution is 2.35. The van der Waals surface area contributed by atoms with E-state index in [4.69, 9.17) is 18.9 Å². The quantitative estimate of drug-likeness (QED) is 0.354. The molecule has 0 aliphatic carbocycles. The fourth-order valence-electron chi connectivity index (χ4n) is 3.16. The maximum atomic E-state index is 14.7. The van der Waals surface area contributed by atoms with Gasteiger partial charge in [-0.05, 0) is 12.1 Å². The Bertz CT molecular complexity index is 1010. The average molecular weight is 467 g/mol. The van der Waals surface area contributed by atoms with E-state index < -0.39 is 47.6 Å². The molecule has 0 unspecified atom stereocenters. The number of hydrogen-bond acceptors (Lipinski definition) is 10. The van der Waals surface area contributed by atoms with Gasteiger partial charge in [0.1, 0.15) is 0 Å². The summed E-state index contributed by atoms with van der Waals surface area (Å²) in [5.74, 6) is -2.81. The van der Waals surface area contributed by atoms with Gasteiger partial charge in [-0.3, -0.25) is 19.1 Å². The molecule has 0 N–H and O–H groups in total. The lowest BCUT2D eigenvalue weighted by atomic mass is 10.1. The lowest BCUT2D eigenvalue weighted by Crippen LogP contribution is -2.55. The molecule has 2 aromatic rings. The number of carbonyl (C=O) groups is 3. The van der Waals surface area contributed by atoms with E-state index in [0.29, 0.717) is 11.3 Å². The average Bonchev–Trinajstić information content (AvgIpc) is 3.13. The SMILES string of the molecule is CC(=O)O[C@@H]1[C@@H](OC(C)=O)[C@@H](Oc2ccc(-c3cnn(C)c3)nc2F)SC[C@H]1OC(C)=O. The van der Waals surface area contributed by atoms with Crippen LogP contribution in [0.3, 0.4) is 0 Å². The Morgan fingerprint density at radius 3 is 2.28 bits per heavy atom. The molecule has 4 atom stereocenters. The number of rotatable bonds is 6. The van der Waals surface area contributed by atoms with Gasteiger partial charge in [-0.2, -0.15) is 9.49 Å². The molecule has 1 fully saturated rings. The van der Waals surface area contributed by atoms with Crippen molar-refractivity contribution in [3.8, 4) is 17.0 Å². The highest BCUT2D eigenvalue weighted by molar-refractivity contribution is 7.99. The second-order valence-corrected chi connectivity index (χ2v) is 8.13. The van der Waals surface area contributed by atoms with Crippen LogP contribution in [-0.4, -0.2) is 62.2 Å². The summed E-state index contributed by atoms with van der Waals surface area (Å²) in [5.41, 5.74) is 0.0426. The fraction of sp³-hybridized carbons (Fsp3) is 0.450. The lowest BCUT2D eigenvalue weighted by molar-refractivity contribution is -0.186. The standard InChI is InChI=1S/C20H22FN3O7S/c1-10(25)28-16-9-32-20(18(30-12(3)27)17(16)29-11(2)26)31-15-6-5-14(23-19(15)21)13-7-22-24(4)8-13/h5-8,16-18,20H,9H2,1-4H3/t16-,17+,18-,20+/m1/s1. The molecule has 1 aliphatic rings. The van der Waals surface area contributed by atoms with Gasteiger partial charge in [-0.1, -0.05) is 0 Å². The molecule has 1 saturated heterocycles. The topological polar surface area (TPSA) is 119 Å². The predicted molar refractivity (Wildman–Crippen MR) is 110 cm³/mol. The molecule has 2 aromatic heterocycles. The zero-order chi connectivity index (χ0) is 23.4. The maximum Gasteiger partial charge on any atom is 0.303 e. The summed E-state index contributed by atoms with van der Waals surface area (Å²) in [5, 5.41) is 4.03. The molecule has 0 aromatic carbocycles. The van der Waals surface area contributed by atoms with E-state index in [0.717, 1.165) is 11.8 Å². The van der Waals surface area contributed by atoms with E-state index in [-0.39, 0.29) is 11.5 Å². The summed E-state index contributed by atoms with van der Waals surface area (Å²) in [6.45, 7) is 3.56. The van der Waals surface area contributed by atoms with E-state index in [1.54, 1.807) is 30.2 Å². The molecule has 0 saturated carbocycles. The number of aromatic nitrogens is 3. The summed E-state index contributed by atoms with van der Waals surface area (Å²) < 4.78 is 37.9. The normalized spacial score (nSPS) is 22.7. The Morgan fingerprint density at radius 2 is 1.72 bits per heavy atom. The van der Waals surface area contributed by atoms with Crippen molar-refractivity contribution in [2.75, 3.05) is 5.75 Å². The van der Waals surface area contributed by atoms with Crippen molar-refractivity contribution >= 4 is 29.7 Å². The Balaban J connectivity index is 1.85. The van der Waals surface area contributed by atoms with Crippen molar-refractivity contribution in [1.29, 1.82) is 0 Å². The molecule has 0 spiro atoms. The van der Waals surface area contributed by atoms with Gasteiger partial charge in [-0.25, -0.2) is 4.98 Å². The molecule has 12 heteroatoms. The van der Waals surface area contributed by atoms with Crippen molar-refractivity contribution < 1.29 is 37.7 Å². The summed E-state index contributed by atoms with van der Waals surface area (Å²) in [7, 11) is 1.73. The van der Waals surface area contributed by atoms with Gasteiger partial charge >= 0.3 is 17.9 Å². The van der Waals surface area contributed by atoms with Gasteiger partial charge in [0.2, 0.25) is 0 Å². The summed E-state index contributed by atoms with van der Waals surface area (Å²) in [4.78, 5) is 38.7. The molecule has 3 heterocycles. The first-order valence-electron chi connectivity index (χ1n) is 9.59. The number of thioether (sulfide) groups is 1. The zero-order valence-electron chi connectivity index (χ0n) is 17.8. The van der Waals surface area contributed by atoms with Crippen molar-refractivity contribution in [2.24, 2.45) is 7.05 Å². The number of esters is 3. The van der Waals surface area contributed by atoms with E-state index in [9.17, 15) is 18.8 Å². The van der Waals surface area contributed by atoms with Crippen LogP contribution in [0, 0.1) is 5.95 Å². The third-order valence-corrected chi connectivity index (χ3v) is 5.58. The van der Waals surface area contributed by atoms with Crippen molar-refractivity contribution in [3.05, 3.63) is 30.5 Å². The van der Waals surface area contributed by atoms with Crippen molar-refractivity contribution in [3.63, 3.8) is 0 Å². The van der Waals surface area contributed by atoms with E-state index in [1.807, 2.05) is 0 Å². The first-order chi connectivity index (χ1) is 15.1. The molecule has 0 bridgehead atoms. The highest BCUT2D eigenvalue weighted by atomic mass is 32.2. The lowest BCUT2D eigenvalue weighted by Gasteiger charge is -2.39. The summed E-state index contributed by atoms with van der Waals surface area (Å²) >= 11 is 1.13. The van der Waals surface area contributed by atoms with Gasteiger partial charge in [0.15, 0.2) is 29.5 Å². The van der Waals surface area contributed by atoms with Crippen LogP contribution >= 0.6 is 11.8 Å². The van der Waals surface area contributed by atoms with Crippen molar-refractivity contribution in [1.82, 2.24) is 14.8 Å². The van der Waals surface area contributed by atoms with Gasteiger partial charge < -0.3 is 18.9 Å². The van der Waals surface area contributed by atoms with Crippen LogP contribution in [0.4, 0.5) is 4.39 Å². The number of halogens is 1. The highest BCUT2D eigenvalue weighted by Gasteiger charge is 2.48. The number of aryl methyl sites for hydroxylation is 1. The second-order valence-electron chi connectivity index (χ2n) is 7.00. The Labute approximate surface area is 187 Å². The smallest absolute Gasteiger partial charge is 0.303 e. The number of ether oxygens (including phenoxy) is 4. The summed E-state index contributed by atoms with van der Waals surface area (Å²) in [6.07, 6.45) is 0.0830. The Morgan fingerprint density at radius 1 is 1.06 bits per heavy atom. The molecular weight excluding hydrogens is 445 g/mol. The molecule has 0 radical (unpaired) electrons. The fourth-order valence-corrected chi connectivity index (χ4v) is 4.37. The number of hydrogen-bond donors (Lipinski definition) is 0. The third kappa shape index (κ3) is 5.75. The van der Waals surface area contributed by atoms with Crippen LogP contribution in [0.5, 0.6) is 5.75 Å². The largest absolute Gasteiger partial charge is 0.471 e. The monoisotopic (exact) mass is 467 g/mol. The predicted octanol–water partition coefficient (Wildman–Crippen LogP) is 1.87. The van der Waals surface area contributed by atoms with Crippen LogP contribution in [0.1, 0.15) is 20.8 Å². The third-order valence-electron chi connectivity index (χ3n) is 4.36. The van der Waals surface area contributed by atoms with Crippen LogP contribution in [0.15, 0.2) is 24.5 Å². The van der Waals surface area contributed by atoms with Gasteiger partial charge in [0, 0.05) is 45.3 Å². The Hall–Kier alpha value is -3.15. The molecule has 172 valence electrons. The van der Waals surface area contributed by atoms with E-state index in [1.165, 1.54) is 26.8 Å². The maximum absolute atomic E-state index is 14.7. The van der Waals surface area contributed by atoms with E-state index >= 15 is 0 Å². The minimum absolute atomic E-state index is 0.169. The molecule has 10 nitrogen and oxygen atoms in total. The van der Waals surface area contributed by atoms with Crippen LogP contribution in [0.25, 0.3) is 11.3 Å². The Kier molecular flexibility index (Phi) is 7.33. The number of pyridine rings is 1. The van der Waals surface area contributed by atoms with E-state index in [2.05, 4.69) is 10.1 Å². The number of carbonyl (C=O) groups excluding carboxylic acids is 3. The first kappa shape index (κ1) is 23.5. The van der Waals surface area contributed by atoms with Crippen molar-refractivity contribution in [2.45, 2.75) is 44.5 Å². The van der Waals surface area contributed by atoms with Gasteiger partial charge in [-0.15, -0.1) is 11.8 Å². The first-order valence-corrected chi connectivity index (χ1v) is 10.6. The molecule has 1 aliphatic heterocycles. The van der Waals surface area contributed by atoms with Gasteiger partial charge in [0.05, 0.1) is 11.9 Å². The summed E-state index contributed by atoms with van der Waals surface area (Å²) in [6, 6.07) is 2.96. The molecule has 0 amide bonds. The molecule has 3 rings (SSSR count). The molecule has 32 heavy (non-hydrogen) atoms. The van der Waals surface area contributed by atoms with Gasteiger partial charge in [0.25, 0.3) is 5.95 Å².